The second kappa shape index (κ2) is 10.3. The lowest BCUT2D eigenvalue weighted by Crippen LogP contribution is -2.24. The Bertz CT molecular complexity index is 954. The molecule has 0 saturated heterocycles. The lowest BCUT2D eigenvalue weighted by Gasteiger charge is -2.32. The fourth-order valence-electron chi connectivity index (χ4n) is 3.14. The SMILES string of the molecule is C=C1C=CC(c2ccccc2)=C(c2c(F)cc(OCC(F)(F)F)cc2F)N1CC.CC. The predicted molar refractivity (Wildman–Crippen MR) is 113 cm³/mol. The standard InChI is InChI=1S/C22H18F5NO.C2H6/c1-3-28-14(2)9-10-17(15-7-5-4-6-8-15)21(28)20-18(23)11-16(12-19(20)24)29-13-22(25,26)27;1-2/h4-12H,2-3,13H2,1H3;1-2H3. The van der Waals surface area contributed by atoms with Gasteiger partial charge in [-0.2, -0.15) is 13.2 Å². The van der Waals surface area contributed by atoms with Crippen molar-refractivity contribution in [2.75, 3.05) is 13.2 Å². The molecular weight excluding hydrogens is 413 g/mol. The molecular formula is C24H24F5NO. The number of alkyl halides is 3. The van der Waals surface area contributed by atoms with Crippen molar-refractivity contribution < 1.29 is 26.7 Å². The van der Waals surface area contributed by atoms with Crippen LogP contribution in [0.15, 0.2) is 66.9 Å². The Morgan fingerprint density at radius 3 is 2.06 bits per heavy atom. The molecule has 3 rings (SSSR count). The summed E-state index contributed by atoms with van der Waals surface area (Å²) in [6.07, 6.45) is -1.16. The van der Waals surface area contributed by atoms with E-state index in [1.165, 1.54) is 0 Å². The molecule has 0 amide bonds. The van der Waals surface area contributed by atoms with E-state index in [0.29, 0.717) is 17.8 Å². The summed E-state index contributed by atoms with van der Waals surface area (Å²) in [5.41, 5.74) is 1.75. The molecule has 0 atom stereocenters. The maximum Gasteiger partial charge on any atom is 0.422 e. The van der Waals surface area contributed by atoms with Gasteiger partial charge in [-0.15, -0.1) is 0 Å². The highest BCUT2D eigenvalue weighted by Crippen LogP contribution is 2.39. The molecule has 2 aromatic carbocycles. The number of allylic oxidation sites excluding steroid dienone is 3. The summed E-state index contributed by atoms with van der Waals surface area (Å²) in [4.78, 5) is 1.65. The van der Waals surface area contributed by atoms with Crippen LogP contribution >= 0.6 is 0 Å². The van der Waals surface area contributed by atoms with E-state index < -0.39 is 30.2 Å². The second-order valence-electron chi connectivity index (χ2n) is 6.36. The molecule has 2 nitrogen and oxygen atoms in total. The Morgan fingerprint density at radius 1 is 0.968 bits per heavy atom. The molecule has 0 saturated carbocycles. The molecule has 31 heavy (non-hydrogen) atoms. The number of ether oxygens (including phenoxy) is 1. The number of likely N-dealkylation sites (N-methyl/N-ethyl adjacent to an activating group) is 1. The van der Waals surface area contributed by atoms with Crippen LogP contribution in [0.25, 0.3) is 11.3 Å². The normalized spacial score (nSPS) is 13.8. The van der Waals surface area contributed by atoms with Crippen LogP contribution in [0, 0.1) is 11.6 Å². The van der Waals surface area contributed by atoms with Crippen molar-refractivity contribution in [3.63, 3.8) is 0 Å². The van der Waals surface area contributed by atoms with Crippen LogP contribution in [0.3, 0.4) is 0 Å². The molecule has 2 aromatic rings. The first-order valence-electron chi connectivity index (χ1n) is 9.84. The van der Waals surface area contributed by atoms with Gasteiger partial charge in [0, 0.05) is 29.9 Å². The first kappa shape index (κ1) is 24.2. The molecule has 0 aliphatic carbocycles. The predicted octanol–water partition coefficient (Wildman–Crippen LogP) is 7.21. The second-order valence-corrected chi connectivity index (χ2v) is 6.36. The van der Waals surface area contributed by atoms with E-state index in [0.717, 1.165) is 17.7 Å². The van der Waals surface area contributed by atoms with Crippen LogP contribution in [0.5, 0.6) is 5.75 Å². The Morgan fingerprint density at radius 2 is 1.55 bits per heavy atom. The summed E-state index contributed by atoms with van der Waals surface area (Å²) in [5.74, 6) is -2.57. The zero-order valence-corrected chi connectivity index (χ0v) is 17.6. The zero-order valence-electron chi connectivity index (χ0n) is 17.6. The van der Waals surface area contributed by atoms with Gasteiger partial charge in [-0.25, -0.2) is 8.78 Å². The fourth-order valence-corrected chi connectivity index (χ4v) is 3.14. The van der Waals surface area contributed by atoms with E-state index in [-0.39, 0.29) is 11.3 Å². The van der Waals surface area contributed by atoms with Crippen molar-refractivity contribution in [1.82, 2.24) is 4.90 Å². The number of hydrogen-bond donors (Lipinski definition) is 0. The third-order valence-corrected chi connectivity index (χ3v) is 4.37. The summed E-state index contributed by atoms with van der Waals surface area (Å²) >= 11 is 0. The molecule has 0 radical (unpaired) electrons. The minimum absolute atomic E-state index is 0.253. The van der Waals surface area contributed by atoms with Crippen molar-refractivity contribution in [2.45, 2.75) is 26.9 Å². The molecule has 0 spiro atoms. The Hall–Kier alpha value is -3.09. The average Bonchev–Trinajstić information content (AvgIpc) is 2.74. The molecule has 0 unspecified atom stereocenters. The quantitative estimate of drug-likeness (QED) is 0.459. The Balaban J connectivity index is 0.00000166. The molecule has 0 N–H and O–H groups in total. The van der Waals surface area contributed by atoms with Gasteiger partial charge >= 0.3 is 6.18 Å². The van der Waals surface area contributed by atoms with Crippen LogP contribution in [0.4, 0.5) is 22.0 Å². The highest BCUT2D eigenvalue weighted by Gasteiger charge is 2.30. The summed E-state index contributed by atoms with van der Waals surface area (Å²) in [5, 5.41) is 0. The Kier molecular flexibility index (Phi) is 8.02. The molecule has 0 aromatic heterocycles. The van der Waals surface area contributed by atoms with Crippen LogP contribution in [0.1, 0.15) is 31.9 Å². The number of nitrogens with zero attached hydrogens (tertiary/aromatic N) is 1. The highest BCUT2D eigenvalue weighted by molar-refractivity contribution is 5.97. The molecule has 7 heteroatoms. The number of benzene rings is 2. The van der Waals surface area contributed by atoms with E-state index in [9.17, 15) is 22.0 Å². The lowest BCUT2D eigenvalue weighted by molar-refractivity contribution is -0.153. The van der Waals surface area contributed by atoms with Crippen molar-refractivity contribution >= 4 is 11.3 Å². The molecule has 1 aliphatic heterocycles. The first-order chi connectivity index (χ1) is 14.7. The zero-order chi connectivity index (χ0) is 23.2. The van der Waals surface area contributed by atoms with E-state index in [2.05, 4.69) is 11.3 Å². The number of halogens is 5. The van der Waals surface area contributed by atoms with Gasteiger partial charge < -0.3 is 9.64 Å². The van der Waals surface area contributed by atoms with Gasteiger partial charge in [-0.05, 0) is 18.6 Å². The van der Waals surface area contributed by atoms with Crippen molar-refractivity contribution in [3.8, 4) is 5.75 Å². The maximum absolute atomic E-state index is 14.9. The molecule has 1 heterocycles. The van der Waals surface area contributed by atoms with Gasteiger partial charge in [0.1, 0.15) is 17.4 Å². The summed E-state index contributed by atoms with van der Waals surface area (Å²) in [6, 6.07) is 10.5. The van der Waals surface area contributed by atoms with E-state index in [1.807, 2.05) is 26.8 Å². The first-order valence-corrected chi connectivity index (χ1v) is 9.84. The summed E-state index contributed by atoms with van der Waals surface area (Å²) in [6.45, 7) is 8.48. The number of hydrogen-bond acceptors (Lipinski definition) is 2. The van der Waals surface area contributed by atoms with Gasteiger partial charge in [0.25, 0.3) is 0 Å². The van der Waals surface area contributed by atoms with Crippen LogP contribution < -0.4 is 4.74 Å². The molecule has 0 fully saturated rings. The third-order valence-electron chi connectivity index (χ3n) is 4.37. The highest BCUT2D eigenvalue weighted by atomic mass is 19.4. The minimum Gasteiger partial charge on any atom is -0.484 e. The van der Waals surface area contributed by atoms with Gasteiger partial charge in [-0.3, -0.25) is 0 Å². The van der Waals surface area contributed by atoms with Crippen molar-refractivity contribution in [1.29, 1.82) is 0 Å². The monoisotopic (exact) mass is 437 g/mol. The topological polar surface area (TPSA) is 12.5 Å². The third kappa shape index (κ3) is 5.75. The van der Waals surface area contributed by atoms with E-state index >= 15 is 0 Å². The molecule has 1 aliphatic rings. The van der Waals surface area contributed by atoms with Crippen molar-refractivity contribution in [3.05, 3.63) is 89.7 Å². The smallest absolute Gasteiger partial charge is 0.422 e. The van der Waals surface area contributed by atoms with Crippen molar-refractivity contribution in [2.24, 2.45) is 0 Å². The van der Waals surface area contributed by atoms with Crippen LogP contribution in [-0.2, 0) is 0 Å². The van der Waals surface area contributed by atoms with E-state index in [1.54, 1.807) is 41.3 Å². The van der Waals surface area contributed by atoms with Gasteiger partial charge in [0.05, 0.1) is 11.3 Å². The minimum atomic E-state index is -4.61. The summed E-state index contributed by atoms with van der Waals surface area (Å²) < 4.78 is 71.4. The van der Waals surface area contributed by atoms with Gasteiger partial charge in [0.2, 0.25) is 0 Å². The Labute approximate surface area is 179 Å². The number of rotatable bonds is 5. The fraction of sp³-hybridized carbons (Fsp3) is 0.250. The largest absolute Gasteiger partial charge is 0.484 e. The molecule has 166 valence electrons. The van der Waals surface area contributed by atoms with Gasteiger partial charge in [0.15, 0.2) is 6.61 Å². The van der Waals surface area contributed by atoms with Gasteiger partial charge in [-0.1, -0.05) is 56.8 Å². The lowest BCUT2D eigenvalue weighted by atomic mass is 9.94. The van der Waals surface area contributed by atoms with Crippen LogP contribution in [0.2, 0.25) is 0 Å². The average molecular weight is 437 g/mol. The van der Waals surface area contributed by atoms with Crippen LogP contribution in [-0.4, -0.2) is 24.2 Å². The van der Waals surface area contributed by atoms with E-state index in [4.69, 9.17) is 0 Å². The summed E-state index contributed by atoms with van der Waals surface area (Å²) in [7, 11) is 0. The molecule has 0 bridgehead atoms. The maximum atomic E-state index is 14.9.